The van der Waals surface area contributed by atoms with Gasteiger partial charge < -0.3 is 16.4 Å². The Bertz CT molecular complexity index is 1660. The number of pyridine rings is 1. The van der Waals surface area contributed by atoms with E-state index in [2.05, 4.69) is 30.9 Å². The van der Waals surface area contributed by atoms with Crippen molar-refractivity contribution in [3.63, 3.8) is 0 Å². The van der Waals surface area contributed by atoms with Gasteiger partial charge in [-0.05, 0) is 43.3 Å². The van der Waals surface area contributed by atoms with Crippen molar-refractivity contribution in [3.05, 3.63) is 99.9 Å². The number of carbonyl (C=O) groups is 2. The van der Waals surface area contributed by atoms with Crippen LogP contribution in [0.5, 0.6) is 0 Å². The van der Waals surface area contributed by atoms with Gasteiger partial charge in [0, 0.05) is 11.6 Å². The third-order valence-corrected chi connectivity index (χ3v) is 6.24. The fourth-order valence-electron chi connectivity index (χ4n) is 3.71. The molecule has 0 aliphatic rings. The summed E-state index contributed by atoms with van der Waals surface area (Å²) in [5.41, 5.74) is 8.87. The highest BCUT2D eigenvalue weighted by atomic mass is 35.5. The monoisotopic (exact) mass is 546 g/mol. The van der Waals surface area contributed by atoms with Gasteiger partial charge in [-0.1, -0.05) is 47.5 Å². The molecule has 5 rings (SSSR count). The predicted molar refractivity (Wildman–Crippen MR) is 147 cm³/mol. The van der Waals surface area contributed by atoms with Crippen LogP contribution in [0.3, 0.4) is 0 Å². The van der Waals surface area contributed by atoms with Gasteiger partial charge in [0.1, 0.15) is 11.6 Å². The summed E-state index contributed by atoms with van der Waals surface area (Å²) in [5.74, 6) is -0.446. The first-order valence-corrected chi connectivity index (χ1v) is 12.1. The number of rotatable bonds is 6. The van der Waals surface area contributed by atoms with Gasteiger partial charge in [-0.25, -0.2) is 9.67 Å². The predicted octanol–water partition coefficient (Wildman–Crippen LogP) is 5.36. The number of nitrogens with one attached hydrogen (secondary N) is 3. The van der Waals surface area contributed by atoms with E-state index in [9.17, 15) is 9.59 Å². The van der Waals surface area contributed by atoms with Gasteiger partial charge in [-0.2, -0.15) is 10.2 Å². The highest BCUT2D eigenvalue weighted by molar-refractivity contribution is 6.38. The maximum atomic E-state index is 13.4. The van der Waals surface area contributed by atoms with Gasteiger partial charge in [-0.3, -0.25) is 14.7 Å². The second-order valence-corrected chi connectivity index (χ2v) is 9.05. The Morgan fingerprint density at radius 3 is 2.45 bits per heavy atom. The van der Waals surface area contributed by atoms with Crippen LogP contribution in [0.2, 0.25) is 10.0 Å². The minimum atomic E-state index is -0.536. The van der Waals surface area contributed by atoms with Gasteiger partial charge in [0.2, 0.25) is 0 Å². The van der Waals surface area contributed by atoms with Crippen LogP contribution in [0.25, 0.3) is 16.9 Å². The first-order valence-electron chi connectivity index (χ1n) is 11.3. The fraction of sp³-hybridized carbons (Fsp3) is 0.0385. The third-order valence-electron chi connectivity index (χ3n) is 5.61. The van der Waals surface area contributed by atoms with E-state index in [4.69, 9.17) is 28.9 Å². The molecule has 3 aromatic heterocycles. The van der Waals surface area contributed by atoms with Crippen LogP contribution in [0, 0.1) is 6.92 Å². The number of halogens is 2. The maximum Gasteiger partial charge on any atom is 0.276 e. The van der Waals surface area contributed by atoms with Crippen LogP contribution in [0.15, 0.2) is 72.9 Å². The lowest BCUT2D eigenvalue weighted by atomic mass is 10.1. The SMILES string of the molecule is Cc1[nH]ncc1NC(=O)c1cc(NC(=O)c2cc(-c3cccc(N)n3)c(Cl)cc2Cl)n(-c2ccccc2)n1. The first-order chi connectivity index (χ1) is 18.3. The van der Waals surface area contributed by atoms with Crippen molar-refractivity contribution in [2.24, 2.45) is 0 Å². The lowest BCUT2D eigenvalue weighted by Crippen LogP contribution is -2.16. The molecule has 190 valence electrons. The Kier molecular flexibility index (Phi) is 6.82. The molecule has 0 saturated carbocycles. The summed E-state index contributed by atoms with van der Waals surface area (Å²) in [6.45, 7) is 1.78. The van der Waals surface area contributed by atoms with Gasteiger partial charge >= 0.3 is 0 Å². The van der Waals surface area contributed by atoms with Crippen molar-refractivity contribution in [1.82, 2.24) is 25.0 Å². The van der Waals surface area contributed by atoms with Gasteiger partial charge in [-0.15, -0.1) is 0 Å². The van der Waals surface area contributed by atoms with E-state index in [1.54, 1.807) is 43.3 Å². The number of carbonyl (C=O) groups excluding carboxylic acids is 2. The largest absolute Gasteiger partial charge is 0.384 e. The summed E-state index contributed by atoms with van der Waals surface area (Å²) >= 11 is 12.8. The third kappa shape index (κ3) is 5.08. The van der Waals surface area contributed by atoms with E-state index >= 15 is 0 Å². The molecule has 38 heavy (non-hydrogen) atoms. The summed E-state index contributed by atoms with van der Waals surface area (Å²) < 4.78 is 1.46. The van der Waals surface area contributed by atoms with Crippen LogP contribution in [0.4, 0.5) is 17.3 Å². The number of H-pyrrole nitrogens is 1. The minimum Gasteiger partial charge on any atom is -0.384 e. The van der Waals surface area contributed by atoms with Gasteiger partial charge in [0.15, 0.2) is 5.69 Å². The normalized spacial score (nSPS) is 10.8. The number of nitrogens with zero attached hydrogens (tertiary/aromatic N) is 4. The first kappa shape index (κ1) is 25.0. The Balaban J connectivity index is 1.50. The van der Waals surface area contributed by atoms with Crippen molar-refractivity contribution < 1.29 is 9.59 Å². The number of nitrogen functional groups attached to an aromatic ring is 1. The molecule has 0 atom stereocenters. The number of aromatic nitrogens is 5. The summed E-state index contributed by atoms with van der Waals surface area (Å²) in [5, 5.41) is 17.1. The van der Waals surface area contributed by atoms with Crippen molar-refractivity contribution in [2.45, 2.75) is 6.92 Å². The van der Waals surface area contributed by atoms with E-state index in [1.165, 1.54) is 23.0 Å². The smallest absolute Gasteiger partial charge is 0.276 e. The number of nitrogens with two attached hydrogens (primary N) is 1. The molecule has 0 fully saturated rings. The fourth-order valence-corrected chi connectivity index (χ4v) is 4.28. The molecule has 5 N–H and O–H groups in total. The van der Waals surface area contributed by atoms with E-state index < -0.39 is 11.8 Å². The number of para-hydroxylation sites is 1. The molecular weight excluding hydrogens is 527 g/mol. The summed E-state index contributed by atoms with van der Waals surface area (Å²) in [7, 11) is 0. The van der Waals surface area contributed by atoms with Crippen molar-refractivity contribution in [3.8, 4) is 16.9 Å². The quantitative estimate of drug-likeness (QED) is 0.225. The number of hydrogen-bond donors (Lipinski definition) is 4. The summed E-state index contributed by atoms with van der Waals surface area (Å²) in [4.78, 5) is 30.7. The van der Waals surface area contributed by atoms with Crippen LogP contribution < -0.4 is 16.4 Å². The van der Waals surface area contributed by atoms with Crippen molar-refractivity contribution >= 4 is 52.3 Å². The molecule has 0 radical (unpaired) electrons. The Morgan fingerprint density at radius 2 is 1.74 bits per heavy atom. The maximum absolute atomic E-state index is 13.4. The molecule has 10 nitrogen and oxygen atoms in total. The zero-order chi connectivity index (χ0) is 26.8. The Morgan fingerprint density at radius 1 is 0.947 bits per heavy atom. The molecule has 0 aliphatic heterocycles. The highest BCUT2D eigenvalue weighted by Gasteiger charge is 2.21. The molecule has 2 aromatic carbocycles. The van der Waals surface area contributed by atoms with Crippen molar-refractivity contribution in [1.29, 1.82) is 0 Å². The Hall–Kier alpha value is -4.67. The van der Waals surface area contributed by atoms with Crippen molar-refractivity contribution in [2.75, 3.05) is 16.4 Å². The average molecular weight is 547 g/mol. The molecule has 0 bridgehead atoms. The van der Waals surface area contributed by atoms with Gasteiger partial charge in [0.05, 0.1) is 44.6 Å². The average Bonchev–Trinajstić information content (AvgIpc) is 3.50. The molecule has 12 heteroatoms. The molecule has 0 unspecified atom stereocenters. The second kappa shape index (κ2) is 10.4. The molecule has 0 spiro atoms. The van der Waals surface area contributed by atoms with E-state index in [-0.39, 0.29) is 22.1 Å². The molecular formula is C26H20Cl2N8O2. The van der Waals surface area contributed by atoms with Crippen LogP contribution >= 0.6 is 23.2 Å². The lowest BCUT2D eigenvalue weighted by Gasteiger charge is -2.12. The standard InChI is InChI=1S/C26H20Cl2N8O2/c1-14-22(13-30-34-14)32-26(38)21-12-24(36(35-21)15-6-3-2-4-7-15)33-25(37)17-10-16(18(27)11-19(17)28)20-8-5-9-23(29)31-20/h2-13H,1H3,(H2,29,31)(H,30,34)(H,32,38)(H,33,37). The minimum absolute atomic E-state index is 0.0802. The number of hydrogen-bond acceptors (Lipinski definition) is 6. The van der Waals surface area contributed by atoms with E-state index in [0.29, 0.717) is 39.2 Å². The number of aryl methyl sites for hydroxylation is 1. The molecule has 3 heterocycles. The topological polar surface area (TPSA) is 144 Å². The molecule has 0 aliphatic carbocycles. The number of amides is 2. The summed E-state index contributed by atoms with van der Waals surface area (Å²) in [6.07, 6.45) is 1.50. The number of aromatic amines is 1. The number of benzene rings is 2. The number of anilines is 3. The molecule has 0 saturated heterocycles. The van der Waals surface area contributed by atoms with E-state index in [0.717, 1.165) is 0 Å². The Labute approximate surface area is 226 Å². The van der Waals surface area contributed by atoms with Crippen LogP contribution in [-0.4, -0.2) is 36.8 Å². The second-order valence-electron chi connectivity index (χ2n) is 8.24. The lowest BCUT2D eigenvalue weighted by molar-refractivity contribution is 0.101. The molecule has 5 aromatic rings. The zero-order valence-electron chi connectivity index (χ0n) is 19.9. The summed E-state index contributed by atoms with van der Waals surface area (Å²) in [6, 6.07) is 18.7. The van der Waals surface area contributed by atoms with Crippen LogP contribution in [0.1, 0.15) is 26.5 Å². The highest BCUT2D eigenvalue weighted by Crippen LogP contribution is 2.33. The van der Waals surface area contributed by atoms with Gasteiger partial charge in [0.25, 0.3) is 11.8 Å². The molecule has 2 amide bonds. The van der Waals surface area contributed by atoms with E-state index in [1.807, 2.05) is 18.2 Å². The van der Waals surface area contributed by atoms with Crippen LogP contribution in [-0.2, 0) is 0 Å². The zero-order valence-corrected chi connectivity index (χ0v) is 21.4.